The number of carbonyl (C=O) groups is 1. The first kappa shape index (κ1) is 17.3. The zero-order chi connectivity index (χ0) is 17.1. The van der Waals surface area contributed by atoms with Crippen LogP contribution in [-0.4, -0.2) is 16.3 Å². The third kappa shape index (κ3) is 3.94. The first-order valence-electron chi connectivity index (χ1n) is 7.65. The number of aliphatic imine (C=N–C) groups is 1. The maximum Gasteiger partial charge on any atom is 0.239 e. The molecule has 1 fully saturated rings. The van der Waals surface area contributed by atoms with Gasteiger partial charge in [-0.25, -0.2) is 4.99 Å². The average molecular weight is 379 g/mol. The molecule has 2 aromatic carbocycles. The molecule has 3 nitrogen and oxygen atoms in total. The second kappa shape index (κ2) is 7.60. The fourth-order valence-corrected chi connectivity index (χ4v) is 3.83. The molecular weight excluding hydrogens is 363 g/mol. The van der Waals surface area contributed by atoms with Gasteiger partial charge in [0.1, 0.15) is 0 Å². The summed E-state index contributed by atoms with van der Waals surface area (Å²) >= 11 is 13.7. The predicted octanol–water partition coefficient (Wildman–Crippen LogP) is 5.02. The summed E-state index contributed by atoms with van der Waals surface area (Å²) in [6.07, 6.45) is 1.51. The molecule has 24 heavy (non-hydrogen) atoms. The minimum absolute atomic E-state index is 0.0556. The number of hydrogen-bond donors (Lipinski definition) is 1. The fourth-order valence-electron chi connectivity index (χ4n) is 2.42. The molecular formula is C18H16Cl2N2OS. The largest absolute Gasteiger partial charge is 0.304 e. The van der Waals surface area contributed by atoms with E-state index in [1.807, 2.05) is 36.4 Å². The number of hydrogen-bond acceptors (Lipinski definition) is 3. The van der Waals surface area contributed by atoms with Gasteiger partial charge in [0.25, 0.3) is 0 Å². The SMILES string of the molecule is CCc1ccc(N=C2NC(=O)[C@@H](Cc3cccc(Cl)c3Cl)S2)cc1. The van der Waals surface area contributed by atoms with Crippen LogP contribution in [0.5, 0.6) is 0 Å². The molecule has 0 bridgehead atoms. The van der Waals surface area contributed by atoms with E-state index >= 15 is 0 Å². The van der Waals surface area contributed by atoms with Gasteiger partial charge in [0, 0.05) is 0 Å². The van der Waals surface area contributed by atoms with E-state index in [2.05, 4.69) is 17.2 Å². The first-order valence-corrected chi connectivity index (χ1v) is 9.28. The quantitative estimate of drug-likeness (QED) is 0.811. The Kier molecular flexibility index (Phi) is 5.49. The van der Waals surface area contributed by atoms with Gasteiger partial charge in [-0.2, -0.15) is 0 Å². The molecule has 0 aromatic heterocycles. The summed E-state index contributed by atoms with van der Waals surface area (Å²) in [5.74, 6) is -0.0556. The van der Waals surface area contributed by atoms with Crippen LogP contribution < -0.4 is 5.32 Å². The van der Waals surface area contributed by atoms with E-state index in [-0.39, 0.29) is 11.2 Å². The molecule has 6 heteroatoms. The van der Waals surface area contributed by atoms with Crippen molar-refractivity contribution in [3.63, 3.8) is 0 Å². The summed E-state index contributed by atoms with van der Waals surface area (Å²) < 4.78 is 0. The minimum Gasteiger partial charge on any atom is -0.304 e. The fraction of sp³-hybridized carbons (Fsp3) is 0.222. The highest BCUT2D eigenvalue weighted by Crippen LogP contribution is 2.31. The van der Waals surface area contributed by atoms with Gasteiger partial charge in [-0.15, -0.1) is 0 Å². The molecule has 2 aromatic rings. The number of rotatable bonds is 4. The summed E-state index contributed by atoms with van der Waals surface area (Å²) in [5, 5.41) is 4.21. The Morgan fingerprint density at radius 3 is 2.62 bits per heavy atom. The van der Waals surface area contributed by atoms with Gasteiger partial charge >= 0.3 is 0 Å². The van der Waals surface area contributed by atoms with Crippen molar-refractivity contribution in [3.05, 3.63) is 63.6 Å². The Morgan fingerprint density at radius 1 is 1.17 bits per heavy atom. The van der Waals surface area contributed by atoms with Gasteiger partial charge in [0.15, 0.2) is 5.17 Å². The van der Waals surface area contributed by atoms with Crippen LogP contribution in [0.4, 0.5) is 5.69 Å². The molecule has 3 rings (SSSR count). The lowest BCUT2D eigenvalue weighted by atomic mass is 10.1. The molecule has 1 atom stereocenters. The van der Waals surface area contributed by atoms with Crippen molar-refractivity contribution in [2.45, 2.75) is 25.0 Å². The number of carbonyl (C=O) groups excluding carboxylic acids is 1. The lowest BCUT2D eigenvalue weighted by molar-refractivity contribution is -0.118. The van der Waals surface area contributed by atoms with Crippen molar-refractivity contribution >= 4 is 51.7 Å². The smallest absolute Gasteiger partial charge is 0.239 e. The minimum atomic E-state index is -0.255. The zero-order valence-corrected chi connectivity index (χ0v) is 15.4. The molecule has 124 valence electrons. The summed E-state index contributed by atoms with van der Waals surface area (Å²) in [6.45, 7) is 2.11. The molecule has 0 spiro atoms. The maximum absolute atomic E-state index is 12.2. The van der Waals surface area contributed by atoms with Crippen LogP contribution in [0.25, 0.3) is 0 Å². The summed E-state index contributed by atoms with van der Waals surface area (Å²) in [4.78, 5) is 16.7. The van der Waals surface area contributed by atoms with Crippen molar-refractivity contribution in [2.75, 3.05) is 0 Å². The van der Waals surface area contributed by atoms with E-state index in [1.54, 1.807) is 6.07 Å². The number of amidine groups is 1. The van der Waals surface area contributed by atoms with Crippen molar-refractivity contribution in [3.8, 4) is 0 Å². The molecule has 0 aliphatic carbocycles. The third-order valence-electron chi connectivity index (χ3n) is 3.79. The highest BCUT2D eigenvalue weighted by atomic mass is 35.5. The van der Waals surface area contributed by atoms with Crippen LogP contribution in [-0.2, 0) is 17.6 Å². The number of nitrogens with zero attached hydrogens (tertiary/aromatic N) is 1. The Labute approximate surface area is 155 Å². The van der Waals surface area contributed by atoms with Crippen molar-refractivity contribution in [2.24, 2.45) is 4.99 Å². The Hall–Kier alpha value is -1.49. The van der Waals surface area contributed by atoms with Crippen molar-refractivity contribution in [1.82, 2.24) is 5.32 Å². The molecule has 1 N–H and O–H groups in total. The zero-order valence-electron chi connectivity index (χ0n) is 13.1. The lowest BCUT2D eigenvalue weighted by Crippen LogP contribution is -2.26. The van der Waals surface area contributed by atoms with Crippen LogP contribution >= 0.6 is 35.0 Å². The predicted molar refractivity (Wildman–Crippen MR) is 103 cm³/mol. The van der Waals surface area contributed by atoms with Crippen LogP contribution in [0.2, 0.25) is 10.0 Å². The topological polar surface area (TPSA) is 41.5 Å². The number of benzene rings is 2. The highest BCUT2D eigenvalue weighted by molar-refractivity contribution is 8.15. The van der Waals surface area contributed by atoms with Crippen LogP contribution in [0.3, 0.4) is 0 Å². The number of aryl methyl sites for hydroxylation is 1. The molecule has 1 saturated heterocycles. The van der Waals surface area contributed by atoms with E-state index in [4.69, 9.17) is 23.2 Å². The number of thioether (sulfide) groups is 1. The molecule has 1 aliphatic rings. The Bertz CT molecular complexity index is 790. The van der Waals surface area contributed by atoms with Gasteiger partial charge in [-0.3, -0.25) is 4.79 Å². The maximum atomic E-state index is 12.2. The van der Waals surface area contributed by atoms with E-state index in [1.165, 1.54) is 17.3 Å². The Morgan fingerprint density at radius 2 is 1.92 bits per heavy atom. The van der Waals surface area contributed by atoms with E-state index in [0.29, 0.717) is 21.6 Å². The van der Waals surface area contributed by atoms with E-state index in [0.717, 1.165) is 17.7 Å². The lowest BCUT2D eigenvalue weighted by Gasteiger charge is -2.08. The summed E-state index contributed by atoms with van der Waals surface area (Å²) in [5.41, 5.74) is 2.96. The molecule has 0 unspecified atom stereocenters. The van der Waals surface area contributed by atoms with Gasteiger partial charge < -0.3 is 5.32 Å². The van der Waals surface area contributed by atoms with Crippen LogP contribution in [0.1, 0.15) is 18.1 Å². The number of halogens is 2. The standard InChI is InChI=1S/C18H16Cl2N2OS/c1-2-11-6-8-13(9-7-11)21-18-22-17(23)15(24-18)10-12-4-3-5-14(19)16(12)20/h3-9,15H,2,10H2,1H3,(H,21,22,23)/t15-/m1/s1. The first-order chi connectivity index (χ1) is 11.6. The van der Waals surface area contributed by atoms with Crippen LogP contribution in [0.15, 0.2) is 47.5 Å². The third-order valence-corrected chi connectivity index (χ3v) is 5.73. The number of amides is 1. The monoisotopic (exact) mass is 378 g/mol. The molecule has 1 amide bonds. The van der Waals surface area contributed by atoms with E-state index < -0.39 is 0 Å². The molecule has 0 radical (unpaired) electrons. The van der Waals surface area contributed by atoms with Crippen LogP contribution in [0, 0.1) is 0 Å². The average Bonchev–Trinajstić information content (AvgIpc) is 2.92. The molecule has 1 aliphatic heterocycles. The van der Waals surface area contributed by atoms with Gasteiger partial charge in [0.2, 0.25) is 5.91 Å². The highest BCUT2D eigenvalue weighted by Gasteiger charge is 2.31. The number of nitrogens with one attached hydrogen (secondary N) is 1. The second-order valence-electron chi connectivity index (χ2n) is 5.45. The van der Waals surface area contributed by atoms with Crippen molar-refractivity contribution in [1.29, 1.82) is 0 Å². The van der Waals surface area contributed by atoms with E-state index in [9.17, 15) is 4.79 Å². The Balaban J connectivity index is 1.73. The molecule has 1 heterocycles. The van der Waals surface area contributed by atoms with Gasteiger partial charge in [-0.05, 0) is 42.2 Å². The summed E-state index contributed by atoms with van der Waals surface area (Å²) in [7, 11) is 0. The van der Waals surface area contributed by atoms with Crippen molar-refractivity contribution < 1.29 is 4.79 Å². The second-order valence-corrected chi connectivity index (χ2v) is 7.43. The molecule has 0 saturated carbocycles. The van der Waals surface area contributed by atoms with Gasteiger partial charge in [-0.1, -0.05) is 66.2 Å². The summed E-state index contributed by atoms with van der Waals surface area (Å²) in [6, 6.07) is 13.5. The van der Waals surface area contributed by atoms with Gasteiger partial charge in [0.05, 0.1) is 21.0 Å². The normalized spacial score (nSPS) is 18.9.